The molecule has 1 N–H and O–H groups in total. The number of hydrogen-bond acceptors (Lipinski definition) is 3. The van der Waals surface area contributed by atoms with Crippen molar-refractivity contribution in [3.8, 4) is 0 Å². The first-order valence-corrected chi connectivity index (χ1v) is 3.97. The van der Waals surface area contributed by atoms with Crippen molar-refractivity contribution in [2.24, 2.45) is 0 Å². The van der Waals surface area contributed by atoms with Crippen LogP contribution < -0.4 is 5.32 Å². The van der Waals surface area contributed by atoms with Crippen LogP contribution in [0.5, 0.6) is 0 Å². The standard InChI is InChI=1S/C8H12N2O/c1-8(4-2-5-9-8)7-3-6-11-10-7/h3,6,9H,2,4-5H2,1H3. The van der Waals surface area contributed by atoms with E-state index in [1.807, 2.05) is 6.07 Å². The van der Waals surface area contributed by atoms with Crippen molar-refractivity contribution in [1.29, 1.82) is 0 Å². The molecular formula is C8H12N2O. The highest BCUT2D eigenvalue weighted by atomic mass is 16.5. The molecule has 2 rings (SSSR count). The minimum absolute atomic E-state index is 0.0625. The normalized spacial score (nSPS) is 31.0. The molecule has 3 heteroatoms. The second kappa shape index (κ2) is 2.34. The lowest BCUT2D eigenvalue weighted by Gasteiger charge is -2.20. The maximum atomic E-state index is 4.80. The molecule has 60 valence electrons. The molecule has 1 saturated heterocycles. The average molecular weight is 152 g/mol. The van der Waals surface area contributed by atoms with E-state index in [-0.39, 0.29) is 5.54 Å². The van der Waals surface area contributed by atoms with Gasteiger partial charge in [0.2, 0.25) is 0 Å². The zero-order chi connectivity index (χ0) is 7.73. The van der Waals surface area contributed by atoms with Crippen LogP contribution in [-0.4, -0.2) is 11.7 Å². The molecule has 1 aliphatic heterocycles. The quantitative estimate of drug-likeness (QED) is 0.658. The van der Waals surface area contributed by atoms with Gasteiger partial charge in [-0.05, 0) is 26.3 Å². The summed E-state index contributed by atoms with van der Waals surface area (Å²) < 4.78 is 4.80. The first-order valence-electron chi connectivity index (χ1n) is 3.97. The molecule has 0 radical (unpaired) electrons. The Balaban J connectivity index is 2.27. The second-order valence-corrected chi connectivity index (χ2v) is 3.25. The van der Waals surface area contributed by atoms with Gasteiger partial charge in [0, 0.05) is 6.07 Å². The maximum absolute atomic E-state index is 4.80. The fraction of sp³-hybridized carbons (Fsp3) is 0.625. The minimum atomic E-state index is 0.0625. The predicted molar refractivity (Wildman–Crippen MR) is 41.1 cm³/mol. The van der Waals surface area contributed by atoms with Gasteiger partial charge in [0.25, 0.3) is 0 Å². The van der Waals surface area contributed by atoms with Crippen LogP contribution in [0.15, 0.2) is 16.9 Å². The van der Waals surface area contributed by atoms with E-state index in [1.165, 1.54) is 6.42 Å². The maximum Gasteiger partial charge on any atom is 0.124 e. The van der Waals surface area contributed by atoms with Crippen molar-refractivity contribution in [2.75, 3.05) is 6.54 Å². The number of hydrogen-bond donors (Lipinski definition) is 1. The van der Waals surface area contributed by atoms with Crippen molar-refractivity contribution >= 4 is 0 Å². The molecule has 0 aromatic carbocycles. The summed E-state index contributed by atoms with van der Waals surface area (Å²) in [7, 11) is 0. The summed E-state index contributed by atoms with van der Waals surface area (Å²) in [5, 5.41) is 7.35. The van der Waals surface area contributed by atoms with Crippen molar-refractivity contribution in [2.45, 2.75) is 25.3 Å². The van der Waals surface area contributed by atoms with Crippen LogP contribution in [0.25, 0.3) is 0 Å². The third-order valence-electron chi connectivity index (χ3n) is 2.37. The van der Waals surface area contributed by atoms with Crippen LogP contribution in [0.2, 0.25) is 0 Å². The van der Waals surface area contributed by atoms with Crippen molar-refractivity contribution in [1.82, 2.24) is 10.5 Å². The van der Waals surface area contributed by atoms with Crippen LogP contribution in [0.3, 0.4) is 0 Å². The molecule has 1 atom stereocenters. The van der Waals surface area contributed by atoms with Gasteiger partial charge in [-0.15, -0.1) is 0 Å². The van der Waals surface area contributed by atoms with Crippen molar-refractivity contribution in [3.05, 3.63) is 18.0 Å². The molecule has 1 unspecified atom stereocenters. The summed E-state index contributed by atoms with van der Waals surface area (Å²) in [6, 6.07) is 1.93. The molecule has 1 aromatic heterocycles. The third-order valence-corrected chi connectivity index (χ3v) is 2.37. The SMILES string of the molecule is CC1(c2ccon2)CCCN1. The molecular weight excluding hydrogens is 140 g/mol. The Hall–Kier alpha value is -0.830. The second-order valence-electron chi connectivity index (χ2n) is 3.25. The van der Waals surface area contributed by atoms with Gasteiger partial charge in [0.15, 0.2) is 0 Å². The average Bonchev–Trinajstić information content (AvgIpc) is 2.55. The molecule has 0 amide bonds. The Kier molecular flexibility index (Phi) is 1.46. The van der Waals surface area contributed by atoms with Crippen LogP contribution in [-0.2, 0) is 5.54 Å². The van der Waals surface area contributed by atoms with E-state index in [4.69, 9.17) is 4.52 Å². The highest BCUT2D eigenvalue weighted by Crippen LogP contribution is 2.28. The van der Waals surface area contributed by atoms with Crippen LogP contribution in [0.1, 0.15) is 25.5 Å². The molecule has 0 bridgehead atoms. The number of rotatable bonds is 1. The zero-order valence-corrected chi connectivity index (χ0v) is 6.63. The summed E-state index contributed by atoms with van der Waals surface area (Å²) in [6.45, 7) is 3.25. The van der Waals surface area contributed by atoms with Gasteiger partial charge in [-0.25, -0.2) is 0 Å². The number of nitrogens with one attached hydrogen (secondary N) is 1. The predicted octanol–water partition coefficient (Wildman–Crippen LogP) is 1.27. The van der Waals surface area contributed by atoms with E-state index in [9.17, 15) is 0 Å². The molecule has 0 spiro atoms. The van der Waals surface area contributed by atoms with Gasteiger partial charge in [-0.1, -0.05) is 5.16 Å². The van der Waals surface area contributed by atoms with E-state index in [2.05, 4.69) is 17.4 Å². The first kappa shape index (κ1) is 6.85. The Morgan fingerprint density at radius 3 is 3.18 bits per heavy atom. The van der Waals surface area contributed by atoms with E-state index in [0.717, 1.165) is 18.7 Å². The molecule has 1 fully saturated rings. The van der Waals surface area contributed by atoms with E-state index >= 15 is 0 Å². The zero-order valence-electron chi connectivity index (χ0n) is 6.63. The molecule has 1 aromatic rings. The van der Waals surface area contributed by atoms with Crippen LogP contribution in [0, 0.1) is 0 Å². The summed E-state index contributed by atoms with van der Waals surface area (Å²) in [6.07, 6.45) is 4.00. The molecule has 3 nitrogen and oxygen atoms in total. The fourth-order valence-electron chi connectivity index (χ4n) is 1.61. The Morgan fingerprint density at radius 2 is 2.64 bits per heavy atom. The number of aromatic nitrogens is 1. The Labute approximate surface area is 65.8 Å². The summed E-state index contributed by atoms with van der Waals surface area (Å²) in [4.78, 5) is 0. The summed E-state index contributed by atoms with van der Waals surface area (Å²) >= 11 is 0. The minimum Gasteiger partial charge on any atom is -0.364 e. The monoisotopic (exact) mass is 152 g/mol. The van der Waals surface area contributed by atoms with Gasteiger partial charge in [0.05, 0.1) is 5.54 Å². The lowest BCUT2D eigenvalue weighted by Crippen LogP contribution is -2.33. The molecule has 0 aliphatic carbocycles. The first-order chi connectivity index (χ1) is 5.31. The highest BCUT2D eigenvalue weighted by molar-refractivity contribution is 5.12. The van der Waals surface area contributed by atoms with Crippen molar-refractivity contribution in [3.63, 3.8) is 0 Å². The van der Waals surface area contributed by atoms with E-state index in [1.54, 1.807) is 6.26 Å². The Morgan fingerprint density at radius 1 is 1.73 bits per heavy atom. The topological polar surface area (TPSA) is 38.1 Å². The largest absolute Gasteiger partial charge is 0.364 e. The van der Waals surface area contributed by atoms with Crippen LogP contribution in [0.4, 0.5) is 0 Å². The van der Waals surface area contributed by atoms with Gasteiger partial charge < -0.3 is 9.84 Å². The highest BCUT2D eigenvalue weighted by Gasteiger charge is 2.32. The van der Waals surface area contributed by atoms with E-state index in [0.29, 0.717) is 0 Å². The lowest BCUT2D eigenvalue weighted by molar-refractivity contribution is 0.358. The third kappa shape index (κ3) is 1.05. The lowest BCUT2D eigenvalue weighted by atomic mass is 9.96. The molecule has 2 heterocycles. The fourth-order valence-corrected chi connectivity index (χ4v) is 1.61. The summed E-state index contributed by atoms with van der Waals surface area (Å²) in [5.41, 5.74) is 1.09. The molecule has 1 aliphatic rings. The smallest absolute Gasteiger partial charge is 0.124 e. The van der Waals surface area contributed by atoms with Gasteiger partial charge in [0.1, 0.15) is 12.0 Å². The van der Waals surface area contributed by atoms with Gasteiger partial charge in [-0.2, -0.15) is 0 Å². The summed E-state index contributed by atoms with van der Waals surface area (Å²) in [5.74, 6) is 0. The molecule has 11 heavy (non-hydrogen) atoms. The van der Waals surface area contributed by atoms with Gasteiger partial charge >= 0.3 is 0 Å². The number of nitrogens with zero attached hydrogens (tertiary/aromatic N) is 1. The van der Waals surface area contributed by atoms with Gasteiger partial charge in [-0.3, -0.25) is 0 Å². The van der Waals surface area contributed by atoms with Crippen LogP contribution >= 0.6 is 0 Å². The molecule has 0 saturated carbocycles. The van der Waals surface area contributed by atoms with E-state index < -0.39 is 0 Å². The van der Waals surface area contributed by atoms with Crippen molar-refractivity contribution < 1.29 is 4.52 Å². The Bertz CT molecular complexity index is 224.